The van der Waals surface area contributed by atoms with Gasteiger partial charge in [0.25, 0.3) is 0 Å². The lowest BCUT2D eigenvalue weighted by atomic mass is 10.0. The molecule has 8 nitrogen and oxygen atoms in total. The summed E-state index contributed by atoms with van der Waals surface area (Å²) in [5, 5.41) is 7.08. The van der Waals surface area contributed by atoms with Crippen LogP contribution in [0.1, 0.15) is 43.2 Å². The van der Waals surface area contributed by atoms with Gasteiger partial charge in [0.05, 0.1) is 13.2 Å². The number of likely N-dealkylation sites (tertiary alicyclic amines) is 1. The van der Waals surface area contributed by atoms with Gasteiger partial charge in [-0.1, -0.05) is 23.7 Å². The monoisotopic (exact) mass is 435 g/mol. The van der Waals surface area contributed by atoms with Crippen LogP contribution in [-0.2, 0) is 11.2 Å². The third-order valence-corrected chi connectivity index (χ3v) is 5.78. The van der Waals surface area contributed by atoms with Crippen molar-refractivity contribution in [1.82, 2.24) is 25.3 Å². The lowest BCUT2D eigenvalue weighted by Crippen LogP contribution is -2.40. The molecular weight excluding hydrogens is 406 g/mol. The molecule has 0 radical (unpaired) electrons. The first-order valence-corrected chi connectivity index (χ1v) is 11.1. The molecule has 1 aliphatic rings. The molecule has 3 aromatic rings. The Morgan fingerprint density at radius 2 is 2.00 bits per heavy atom. The number of hydrogen-bond acceptors (Lipinski definition) is 7. The maximum Gasteiger partial charge on any atom is 0.227 e. The van der Waals surface area contributed by atoms with Crippen molar-refractivity contribution in [3.8, 4) is 17.1 Å². The van der Waals surface area contributed by atoms with Crippen molar-refractivity contribution in [1.29, 1.82) is 0 Å². The second-order valence-corrected chi connectivity index (χ2v) is 7.94. The average molecular weight is 436 g/mol. The molecule has 1 N–H and O–H groups in total. The summed E-state index contributed by atoms with van der Waals surface area (Å²) in [6, 6.07) is 12.0. The Labute approximate surface area is 188 Å². The molecule has 1 aromatic carbocycles. The fourth-order valence-corrected chi connectivity index (χ4v) is 4.00. The number of benzene rings is 1. The largest absolute Gasteiger partial charge is 0.497 e. The van der Waals surface area contributed by atoms with Crippen molar-refractivity contribution >= 4 is 5.91 Å². The Morgan fingerprint density at radius 1 is 1.19 bits per heavy atom. The highest BCUT2D eigenvalue weighted by atomic mass is 16.5. The number of pyridine rings is 1. The van der Waals surface area contributed by atoms with E-state index in [-0.39, 0.29) is 11.9 Å². The van der Waals surface area contributed by atoms with Gasteiger partial charge in [-0.2, -0.15) is 4.98 Å². The van der Waals surface area contributed by atoms with Gasteiger partial charge >= 0.3 is 0 Å². The van der Waals surface area contributed by atoms with E-state index in [9.17, 15) is 4.79 Å². The van der Waals surface area contributed by atoms with E-state index in [0.29, 0.717) is 31.1 Å². The summed E-state index contributed by atoms with van der Waals surface area (Å²) in [6.45, 7) is 2.66. The van der Waals surface area contributed by atoms with Crippen LogP contribution in [0.4, 0.5) is 0 Å². The zero-order valence-corrected chi connectivity index (χ0v) is 18.4. The third kappa shape index (κ3) is 5.70. The van der Waals surface area contributed by atoms with Gasteiger partial charge in [0.2, 0.25) is 17.6 Å². The average Bonchev–Trinajstić information content (AvgIpc) is 3.34. The standard InChI is InChI=1S/C24H29N5O3/c1-31-20-9-7-18(8-10-20)21(29-14-3-2-4-15-29)17-26-22(30)11-12-23-27-24(28-32-23)19-6-5-13-25-16-19/h5-10,13,16,21H,2-4,11-12,14-15,17H2,1H3,(H,26,30). The SMILES string of the molecule is COc1ccc(C(CNC(=O)CCc2nc(-c3cccnc3)no2)N2CCCCC2)cc1. The Morgan fingerprint density at radius 3 is 2.72 bits per heavy atom. The van der Waals surface area contributed by atoms with Gasteiger partial charge in [0.1, 0.15) is 5.75 Å². The molecule has 1 amide bonds. The van der Waals surface area contributed by atoms with E-state index in [1.54, 1.807) is 19.5 Å². The highest BCUT2D eigenvalue weighted by molar-refractivity contribution is 5.76. The fourth-order valence-electron chi connectivity index (χ4n) is 4.00. The topological polar surface area (TPSA) is 93.4 Å². The molecular formula is C24H29N5O3. The van der Waals surface area contributed by atoms with E-state index in [1.165, 1.54) is 24.8 Å². The normalized spacial score (nSPS) is 15.3. The Kier molecular flexibility index (Phi) is 7.45. The highest BCUT2D eigenvalue weighted by Gasteiger charge is 2.23. The van der Waals surface area contributed by atoms with Crippen LogP contribution in [0.3, 0.4) is 0 Å². The van der Waals surface area contributed by atoms with Gasteiger partial charge in [0, 0.05) is 37.3 Å². The van der Waals surface area contributed by atoms with E-state index in [1.807, 2.05) is 24.3 Å². The van der Waals surface area contributed by atoms with Crippen molar-refractivity contribution in [3.63, 3.8) is 0 Å². The minimum absolute atomic E-state index is 0.0263. The van der Waals surface area contributed by atoms with Gasteiger partial charge in [-0.15, -0.1) is 0 Å². The molecule has 8 heteroatoms. The number of carbonyl (C=O) groups is 1. The summed E-state index contributed by atoms with van der Waals surface area (Å²) in [5.74, 6) is 1.74. The van der Waals surface area contributed by atoms with Gasteiger partial charge in [-0.25, -0.2) is 0 Å². The van der Waals surface area contributed by atoms with Crippen LogP contribution in [0.25, 0.3) is 11.4 Å². The number of aryl methyl sites for hydroxylation is 1. The lowest BCUT2D eigenvalue weighted by molar-refractivity contribution is -0.121. The Hall–Kier alpha value is -3.26. The molecule has 0 spiro atoms. The number of aromatic nitrogens is 3. The molecule has 1 saturated heterocycles. The number of nitrogens with zero attached hydrogens (tertiary/aromatic N) is 4. The second kappa shape index (κ2) is 10.9. The molecule has 3 heterocycles. The first-order valence-electron chi connectivity index (χ1n) is 11.1. The van der Waals surface area contributed by atoms with Crippen LogP contribution in [-0.4, -0.2) is 52.7 Å². The fraction of sp³-hybridized carbons (Fsp3) is 0.417. The predicted molar refractivity (Wildman–Crippen MR) is 120 cm³/mol. The van der Waals surface area contributed by atoms with Crippen molar-refractivity contribution in [2.24, 2.45) is 0 Å². The summed E-state index contributed by atoms with van der Waals surface area (Å²) < 4.78 is 10.6. The molecule has 1 fully saturated rings. The van der Waals surface area contributed by atoms with Crippen LogP contribution in [0.2, 0.25) is 0 Å². The number of carbonyl (C=O) groups excluding carboxylic acids is 1. The number of nitrogens with one attached hydrogen (secondary N) is 1. The van der Waals surface area contributed by atoms with Gasteiger partial charge < -0.3 is 14.6 Å². The molecule has 168 valence electrons. The Balaban J connectivity index is 1.33. The van der Waals surface area contributed by atoms with Crippen molar-refractivity contribution < 1.29 is 14.1 Å². The van der Waals surface area contributed by atoms with E-state index in [4.69, 9.17) is 9.26 Å². The van der Waals surface area contributed by atoms with Gasteiger partial charge in [-0.05, 0) is 55.8 Å². The first kappa shape index (κ1) is 22.0. The molecule has 1 atom stereocenters. The van der Waals surface area contributed by atoms with Crippen LogP contribution in [0.15, 0.2) is 53.3 Å². The summed E-state index contributed by atoms with van der Waals surface area (Å²) >= 11 is 0. The predicted octanol–water partition coefficient (Wildman–Crippen LogP) is 3.42. The van der Waals surface area contributed by atoms with Gasteiger partial charge in [0.15, 0.2) is 0 Å². The van der Waals surface area contributed by atoms with E-state index in [0.717, 1.165) is 24.4 Å². The quantitative estimate of drug-likeness (QED) is 0.550. The van der Waals surface area contributed by atoms with E-state index < -0.39 is 0 Å². The van der Waals surface area contributed by atoms with Crippen LogP contribution in [0.5, 0.6) is 5.75 Å². The van der Waals surface area contributed by atoms with Crippen LogP contribution < -0.4 is 10.1 Å². The summed E-state index contributed by atoms with van der Waals surface area (Å²) in [7, 11) is 1.67. The number of piperidine rings is 1. The maximum atomic E-state index is 12.6. The molecule has 2 aromatic heterocycles. The first-order chi connectivity index (χ1) is 15.7. The third-order valence-electron chi connectivity index (χ3n) is 5.78. The molecule has 0 aliphatic carbocycles. The summed E-state index contributed by atoms with van der Waals surface area (Å²) in [6.07, 6.45) is 7.72. The lowest BCUT2D eigenvalue weighted by Gasteiger charge is -2.35. The summed E-state index contributed by atoms with van der Waals surface area (Å²) in [5.41, 5.74) is 1.97. The minimum atomic E-state index is -0.0263. The molecule has 1 unspecified atom stereocenters. The van der Waals surface area contributed by atoms with Gasteiger partial charge in [-0.3, -0.25) is 14.7 Å². The highest BCUT2D eigenvalue weighted by Crippen LogP contribution is 2.26. The molecule has 4 rings (SSSR count). The zero-order valence-electron chi connectivity index (χ0n) is 18.4. The van der Waals surface area contributed by atoms with Crippen molar-refractivity contribution in [2.75, 3.05) is 26.7 Å². The summed E-state index contributed by atoms with van der Waals surface area (Å²) in [4.78, 5) is 23.5. The number of amides is 1. The number of ether oxygens (including phenoxy) is 1. The molecule has 0 bridgehead atoms. The van der Waals surface area contributed by atoms with Crippen LogP contribution >= 0.6 is 0 Å². The molecule has 32 heavy (non-hydrogen) atoms. The zero-order chi connectivity index (χ0) is 22.2. The number of methoxy groups -OCH3 is 1. The van der Waals surface area contributed by atoms with Crippen LogP contribution in [0, 0.1) is 0 Å². The smallest absolute Gasteiger partial charge is 0.227 e. The van der Waals surface area contributed by atoms with E-state index >= 15 is 0 Å². The minimum Gasteiger partial charge on any atom is -0.497 e. The number of hydrogen-bond donors (Lipinski definition) is 1. The Bertz CT molecular complexity index is 984. The van der Waals surface area contributed by atoms with Crippen molar-refractivity contribution in [3.05, 3.63) is 60.2 Å². The molecule has 1 aliphatic heterocycles. The van der Waals surface area contributed by atoms with E-state index in [2.05, 4.69) is 37.5 Å². The number of rotatable bonds is 9. The second-order valence-electron chi connectivity index (χ2n) is 7.94. The molecule has 0 saturated carbocycles. The van der Waals surface area contributed by atoms with Crippen molar-refractivity contribution in [2.45, 2.75) is 38.1 Å². The maximum absolute atomic E-state index is 12.6.